The zero-order valence-electron chi connectivity index (χ0n) is 7.41. The van der Waals surface area contributed by atoms with Gasteiger partial charge in [-0.2, -0.15) is 12.6 Å². The minimum absolute atomic E-state index is 0.167. The molecular weight excluding hydrogens is 192 g/mol. The fraction of sp³-hybridized carbons (Fsp3) is 0.714. The number of carboxylic acids is 1. The summed E-state index contributed by atoms with van der Waals surface area (Å²) in [7, 11) is 0. The van der Waals surface area contributed by atoms with Crippen LogP contribution >= 0.6 is 12.6 Å². The number of carbonyl (C=O) groups excluding carboxylic acids is 1. The Bertz CT molecular complexity index is 187. The summed E-state index contributed by atoms with van der Waals surface area (Å²) < 4.78 is 0. The van der Waals surface area contributed by atoms with E-state index in [1.54, 1.807) is 0 Å². The number of carbonyl (C=O) groups is 2. The van der Waals surface area contributed by atoms with Gasteiger partial charge in [0.1, 0.15) is 6.04 Å². The van der Waals surface area contributed by atoms with E-state index < -0.39 is 12.0 Å². The molecule has 1 atom stereocenters. The Hall–Kier alpha value is -0.750. The predicted octanol–water partition coefficient (Wildman–Crippen LogP) is -0.557. The van der Waals surface area contributed by atoms with Crippen LogP contribution in [0.4, 0.5) is 0 Å². The molecule has 0 aliphatic rings. The van der Waals surface area contributed by atoms with Gasteiger partial charge in [0.25, 0.3) is 0 Å². The second-order valence-electron chi connectivity index (χ2n) is 2.52. The molecule has 1 unspecified atom stereocenters. The van der Waals surface area contributed by atoms with Crippen molar-refractivity contribution in [3.63, 3.8) is 0 Å². The summed E-state index contributed by atoms with van der Waals surface area (Å²) in [6, 6.07) is -0.649. The van der Waals surface area contributed by atoms with Crippen LogP contribution in [0.25, 0.3) is 0 Å². The van der Waals surface area contributed by atoms with Crippen LogP contribution in [0.5, 0.6) is 0 Å². The van der Waals surface area contributed by atoms with Gasteiger partial charge in [-0.15, -0.1) is 0 Å². The van der Waals surface area contributed by atoms with Crippen molar-refractivity contribution in [1.29, 1.82) is 0 Å². The van der Waals surface area contributed by atoms with Crippen molar-refractivity contribution < 1.29 is 14.7 Å². The highest BCUT2D eigenvalue weighted by Gasteiger charge is 2.14. The van der Waals surface area contributed by atoms with E-state index in [1.165, 1.54) is 6.92 Å². The minimum Gasteiger partial charge on any atom is -0.480 e. The van der Waals surface area contributed by atoms with Crippen molar-refractivity contribution in [2.45, 2.75) is 19.4 Å². The lowest BCUT2D eigenvalue weighted by Crippen LogP contribution is -2.43. The molecule has 0 aromatic carbocycles. The monoisotopic (exact) mass is 206 g/mol. The molecule has 0 fully saturated rings. The molecule has 0 radical (unpaired) electrons. The van der Waals surface area contributed by atoms with Gasteiger partial charge < -0.3 is 10.4 Å². The molecule has 0 rings (SSSR count). The smallest absolute Gasteiger partial charge is 0.320 e. The molecule has 0 aliphatic heterocycles. The molecular formula is C7H14N2O3S. The number of amides is 1. The Labute approximate surface area is 82.3 Å². The molecule has 13 heavy (non-hydrogen) atoms. The SMILES string of the molecule is CC(=O)NCNC(CCS)C(=O)O. The van der Waals surface area contributed by atoms with Gasteiger partial charge in [-0.3, -0.25) is 14.9 Å². The van der Waals surface area contributed by atoms with E-state index in [4.69, 9.17) is 5.11 Å². The Morgan fingerprint density at radius 1 is 1.54 bits per heavy atom. The zero-order valence-corrected chi connectivity index (χ0v) is 8.30. The lowest BCUT2D eigenvalue weighted by atomic mass is 10.2. The molecule has 6 heteroatoms. The van der Waals surface area contributed by atoms with Crippen LogP contribution in [-0.4, -0.2) is 35.4 Å². The fourth-order valence-corrected chi connectivity index (χ4v) is 0.999. The Morgan fingerprint density at radius 3 is 2.54 bits per heavy atom. The first kappa shape index (κ1) is 12.2. The van der Waals surface area contributed by atoms with Gasteiger partial charge in [-0.1, -0.05) is 0 Å². The van der Waals surface area contributed by atoms with E-state index in [2.05, 4.69) is 23.3 Å². The van der Waals surface area contributed by atoms with Crippen LogP contribution in [0.3, 0.4) is 0 Å². The van der Waals surface area contributed by atoms with E-state index in [1.807, 2.05) is 0 Å². The number of aliphatic carboxylic acids is 1. The van der Waals surface area contributed by atoms with Crippen molar-refractivity contribution in [2.75, 3.05) is 12.4 Å². The number of carboxylic acid groups (broad SMARTS) is 1. The third-order valence-electron chi connectivity index (χ3n) is 1.40. The second kappa shape index (κ2) is 6.73. The fourth-order valence-electron chi connectivity index (χ4n) is 0.741. The lowest BCUT2D eigenvalue weighted by molar-refractivity contribution is -0.139. The van der Waals surface area contributed by atoms with E-state index >= 15 is 0 Å². The average Bonchev–Trinajstić information content (AvgIpc) is 2.02. The highest BCUT2D eigenvalue weighted by molar-refractivity contribution is 7.80. The third kappa shape index (κ3) is 6.41. The quantitative estimate of drug-likeness (QED) is 0.347. The van der Waals surface area contributed by atoms with Gasteiger partial charge in [0.15, 0.2) is 0 Å². The highest BCUT2D eigenvalue weighted by atomic mass is 32.1. The van der Waals surface area contributed by atoms with Gasteiger partial charge in [0, 0.05) is 6.92 Å². The number of thiol groups is 1. The number of nitrogens with one attached hydrogen (secondary N) is 2. The van der Waals surface area contributed by atoms with Crippen LogP contribution in [0, 0.1) is 0 Å². The standard InChI is InChI=1S/C7H14N2O3S/c1-5(10)8-4-9-6(2-3-13)7(11)12/h6,9,13H,2-4H2,1H3,(H,8,10)(H,11,12). The van der Waals surface area contributed by atoms with Gasteiger partial charge in [-0.25, -0.2) is 0 Å². The molecule has 3 N–H and O–H groups in total. The van der Waals surface area contributed by atoms with Gasteiger partial charge in [0.2, 0.25) is 5.91 Å². The van der Waals surface area contributed by atoms with Crippen molar-refractivity contribution in [1.82, 2.24) is 10.6 Å². The Morgan fingerprint density at radius 2 is 2.15 bits per heavy atom. The topological polar surface area (TPSA) is 78.4 Å². The third-order valence-corrected chi connectivity index (χ3v) is 1.66. The molecule has 0 heterocycles. The molecule has 76 valence electrons. The molecule has 0 saturated carbocycles. The molecule has 0 aromatic heterocycles. The maximum atomic E-state index is 10.6. The Kier molecular flexibility index (Phi) is 6.34. The van der Waals surface area contributed by atoms with Gasteiger partial charge >= 0.3 is 5.97 Å². The zero-order chi connectivity index (χ0) is 10.3. The predicted molar refractivity (Wildman–Crippen MR) is 51.7 cm³/mol. The molecule has 0 aliphatic carbocycles. The summed E-state index contributed by atoms with van der Waals surface area (Å²) in [6.45, 7) is 1.54. The number of hydrogen-bond donors (Lipinski definition) is 4. The van der Waals surface area contributed by atoms with E-state index in [-0.39, 0.29) is 12.6 Å². The summed E-state index contributed by atoms with van der Waals surface area (Å²) in [4.78, 5) is 21.0. The van der Waals surface area contributed by atoms with Crippen LogP contribution in [0.1, 0.15) is 13.3 Å². The molecule has 1 amide bonds. The summed E-state index contributed by atoms with van der Waals surface area (Å²) in [5.41, 5.74) is 0. The van der Waals surface area contributed by atoms with Gasteiger partial charge in [0.05, 0.1) is 6.67 Å². The number of hydrogen-bond acceptors (Lipinski definition) is 4. The molecule has 0 bridgehead atoms. The largest absolute Gasteiger partial charge is 0.480 e. The minimum atomic E-state index is -0.931. The maximum Gasteiger partial charge on any atom is 0.320 e. The summed E-state index contributed by atoms with van der Waals surface area (Å²) in [5.74, 6) is -0.633. The molecule has 5 nitrogen and oxygen atoms in total. The van der Waals surface area contributed by atoms with E-state index in [9.17, 15) is 9.59 Å². The van der Waals surface area contributed by atoms with Gasteiger partial charge in [-0.05, 0) is 12.2 Å². The highest BCUT2D eigenvalue weighted by Crippen LogP contribution is 1.93. The molecule has 0 saturated heterocycles. The first-order valence-corrected chi connectivity index (χ1v) is 4.52. The number of rotatable bonds is 6. The summed E-state index contributed by atoms with van der Waals surface area (Å²) >= 11 is 3.93. The first-order valence-electron chi connectivity index (χ1n) is 3.89. The average molecular weight is 206 g/mol. The Balaban J connectivity index is 3.69. The normalized spacial score (nSPS) is 12.2. The van der Waals surface area contributed by atoms with E-state index in [0.29, 0.717) is 12.2 Å². The van der Waals surface area contributed by atoms with Crippen molar-refractivity contribution in [3.05, 3.63) is 0 Å². The summed E-state index contributed by atoms with van der Waals surface area (Å²) in [6.07, 6.45) is 0.429. The van der Waals surface area contributed by atoms with E-state index in [0.717, 1.165) is 0 Å². The van der Waals surface area contributed by atoms with Crippen LogP contribution in [0.2, 0.25) is 0 Å². The van der Waals surface area contributed by atoms with Crippen molar-refractivity contribution in [2.24, 2.45) is 0 Å². The van der Waals surface area contributed by atoms with Crippen LogP contribution in [0.15, 0.2) is 0 Å². The van der Waals surface area contributed by atoms with Crippen LogP contribution < -0.4 is 10.6 Å². The first-order chi connectivity index (χ1) is 6.07. The van der Waals surface area contributed by atoms with Crippen LogP contribution in [-0.2, 0) is 9.59 Å². The molecule has 0 spiro atoms. The lowest BCUT2D eigenvalue weighted by Gasteiger charge is -2.12. The van der Waals surface area contributed by atoms with Crippen molar-refractivity contribution >= 4 is 24.5 Å². The molecule has 0 aromatic rings. The maximum absolute atomic E-state index is 10.6. The van der Waals surface area contributed by atoms with Crippen molar-refractivity contribution in [3.8, 4) is 0 Å². The summed E-state index contributed by atoms with van der Waals surface area (Å²) in [5, 5.41) is 13.8. The second-order valence-corrected chi connectivity index (χ2v) is 2.96.